The standard InChI is InChI=1S/C18H17N3OS/c1-12-3-5-14(6-4-12)11-20-17(22)16-13(2)21-18(23-16)15-7-9-19-10-8-15/h3-10H,11H2,1-2H3,(H,20,22). The minimum atomic E-state index is -0.0825. The summed E-state index contributed by atoms with van der Waals surface area (Å²) < 4.78 is 0. The molecule has 0 atom stereocenters. The van der Waals surface area contributed by atoms with E-state index in [2.05, 4.69) is 15.3 Å². The zero-order valence-corrected chi connectivity index (χ0v) is 13.9. The highest BCUT2D eigenvalue weighted by atomic mass is 32.1. The Balaban J connectivity index is 1.72. The second kappa shape index (κ2) is 6.71. The summed E-state index contributed by atoms with van der Waals surface area (Å²) in [4.78, 5) is 21.6. The molecule has 2 aromatic heterocycles. The van der Waals surface area contributed by atoms with Gasteiger partial charge in [0, 0.05) is 24.5 Å². The van der Waals surface area contributed by atoms with E-state index < -0.39 is 0 Å². The van der Waals surface area contributed by atoms with Gasteiger partial charge in [0.2, 0.25) is 0 Å². The van der Waals surface area contributed by atoms with Crippen molar-refractivity contribution in [1.82, 2.24) is 15.3 Å². The average Bonchev–Trinajstić information content (AvgIpc) is 2.97. The van der Waals surface area contributed by atoms with Crippen molar-refractivity contribution >= 4 is 17.2 Å². The van der Waals surface area contributed by atoms with E-state index in [0.29, 0.717) is 11.4 Å². The minimum absolute atomic E-state index is 0.0825. The van der Waals surface area contributed by atoms with Crippen LogP contribution in [0.15, 0.2) is 48.8 Å². The Bertz CT molecular complexity index is 810. The van der Waals surface area contributed by atoms with Crippen molar-refractivity contribution in [3.63, 3.8) is 0 Å². The van der Waals surface area contributed by atoms with Crippen molar-refractivity contribution in [2.24, 2.45) is 0 Å². The Morgan fingerprint density at radius 1 is 1.09 bits per heavy atom. The highest BCUT2D eigenvalue weighted by molar-refractivity contribution is 7.17. The van der Waals surface area contributed by atoms with Gasteiger partial charge in [-0.1, -0.05) is 29.8 Å². The van der Waals surface area contributed by atoms with Crippen molar-refractivity contribution in [1.29, 1.82) is 0 Å². The maximum absolute atomic E-state index is 12.4. The maximum Gasteiger partial charge on any atom is 0.263 e. The predicted molar refractivity (Wildman–Crippen MR) is 92.4 cm³/mol. The predicted octanol–water partition coefficient (Wildman–Crippen LogP) is 3.75. The fourth-order valence-corrected chi connectivity index (χ4v) is 3.18. The zero-order chi connectivity index (χ0) is 16.2. The third-order valence-corrected chi connectivity index (χ3v) is 4.71. The molecule has 116 valence electrons. The van der Waals surface area contributed by atoms with E-state index in [1.54, 1.807) is 12.4 Å². The van der Waals surface area contributed by atoms with Crippen LogP contribution in [0.5, 0.6) is 0 Å². The summed E-state index contributed by atoms with van der Waals surface area (Å²) in [7, 11) is 0. The second-order valence-corrected chi connectivity index (χ2v) is 6.34. The van der Waals surface area contributed by atoms with Gasteiger partial charge in [-0.15, -0.1) is 11.3 Å². The lowest BCUT2D eigenvalue weighted by atomic mass is 10.1. The number of pyridine rings is 1. The Hall–Kier alpha value is -2.53. The Kier molecular flexibility index (Phi) is 4.48. The fourth-order valence-electron chi connectivity index (χ4n) is 2.19. The molecule has 0 fully saturated rings. The van der Waals surface area contributed by atoms with Crippen molar-refractivity contribution in [3.8, 4) is 10.6 Å². The number of carbonyl (C=O) groups excluding carboxylic acids is 1. The third-order valence-electron chi connectivity index (χ3n) is 3.50. The first-order valence-electron chi connectivity index (χ1n) is 7.35. The number of hydrogen-bond acceptors (Lipinski definition) is 4. The van der Waals surface area contributed by atoms with Gasteiger partial charge in [-0.2, -0.15) is 0 Å². The van der Waals surface area contributed by atoms with Crippen LogP contribution in [0.2, 0.25) is 0 Å². The summed E-state index contributed by atoms with van der Waals surface area (Å²) in [5.41, 5.74) is 4.02. The van der Waals surface area contributed by atoms with Crippen LogP contribution >= 0.6 is 11.3 Å². The molecule has 4 nitrogen and oxygen atoms in total. The smallest absolute Gasteiger partial charge is 0.263 e. The van der Waals surface area contributed by atoms with Crippen LogP contribution in [-0.4, -0.2) is 15.9 Å². The van der Waals surface area contributed by atoms with E-state index in [1.165, 1.54) is 16.9 Å². The number of benzene rings is 1. The van der Waals surface area contributed by atoms with Crippen LogP contribution in [0.25, 0.3) is 10.6 Å². The molecule has 0 unspecified atom stereocenters. The van der Waals surface area contributed by atoms with Crippen molar-refractivity contribution in [2.75, 3.05) is 0 Å². The Labute approximate surface area is 139 Å². The first-order chi connectivity index (χ1) is 11.1. The fraction of sp³-hybridized carbons (Fsp3) is 0.167. The normalized spacial score (nSPS) is 10.5. The first kappa shape index (κ1) is 15.4. The lowest BCUT2D eigenvalue weighted by Gasteiger charge is -2.04. The molecule has 0 spiro atoms. The van der Waals surface area contributed by atoms with Crippen molar-refractivity contribution in [2.45, 2.75) is 20.4 Å². The van der Waals surface area contributed by atoms with Crippen LogP contribution in [-0.2, 0) is 6.54 Å². The molecular formula is C18H17N3OS. The topological polar surface area (TPSA) is 54.9 Å². The van der Waals surface area contributed by atoms with Crippen molar-refractivity contribution < 1.29 is 4.79 Å². The number of hydrogen-bond donors (Lipinski definition) is 1. The number of nitrogens with one attached hydrogen (secondary N) is 1. The number of nitrogens with zero attached hydrogens (tertiary/aromatic N) is 2. The van der Waals surface area contributed by atoms with Gasteiger partial charge in [-0.3, -0.25) is 9.78 Å². The Morgan fingerprint density at radius 2 is 1.78 bits per heavy atom. The van der Waals surface area contributed by atoms with Gasteiger partial charge in [0.15, 0.2) is 0 Å². The summed E-state index contributed by atoms with van der Waals surface area (Å²) in [6.45, 7) is 4.42. The number of aromatic nitrogens is 2. The van der Waals surface area contributed by atoms with Gasteiger partial charge in [-0.25, -0.2) is 4.98 Å². The molecule has 0 aliphatic heterocycles. The molecule has 1 aromatic carbocycles. The number of amides is 1. The van der Waals surface area contributed by atoms with E-state index in [-0.39, 0.29) is 5.91 Å². The molecule has 2 heterocycles. The largest absolute Gasteiger partial charge is 0.347 e. The molecule has 0 aliphatic carbocycles. The quantitative estimate of drug-likeness (QED) is 0.795. The molecule has 5 heteroatoms. The third kappa shape index (κ3) is 3.63. The van der Waals surface area contributed by atoms with Crippen LogP contribution in [0.4, 0.5) is 0 Å². The molecule has 0 saturated carbocycles. The minimum Gasteiger partial charge on any atom is -0.347 e. The van der Waals surface area contributed by atoms with Gasteiger partial charge in [-0.05, 0) is 31.5 Å². The monoisotopic (exact) mass is 323 g/mol. The summed E-state index contributed by atoms with van der Waals surface area (Å²) in [6, 6.07) is 11.9. The number of rotatable bonds is 4. The van der Waals surface area contributed by atoms with Crippen LogP contribution in [0.1, 0.15) is 26.5 Å². The van der Waals surface area contributed by atoms with Gasteiger partial charge < -0.3 is 5.32 Å². The number of thiazole rings is 1. The summed E-state index contributed by atoms with van der Waals surface area (Å²) in [5.74, 6) is -0.0825. The lowest BCUT2D eigenvalue weighted by molar-refractivity contribution is 0.0954. The molecule has 1 amide bonds. The number of carbonyl (C=O) groups is 1. The van der Waals surface area contributed by atoms with Gasteiger partial charge in [0.25, 0.3) is 5.91 Å². The molecule has 0 saturated heterocycles. The molecule has 0 bridgehead atoms. The first-order valence-corrected chi connectivity index (χ1v) is 8.16. The van der Waals surface area contributed by atoms with Crippen LogP contribution in [0.3, 0.4) is 0 Å². The molecule has 23 heavy (non-hydrogen) atoms. The van der Waals surface area contributed by atoms with E-state index in [4.69, 9.17) is 0 Å². The zero-order valence-electron chi connectivity index (χ0n) is 13.0. The molecule has 1 N–H and O–H groups in total. The highest BCUT2D eigenvalue weighted by Crippen LogP contribution is 2.27. The maximum atomic E-state index is 12.4. The molecule has 0 radical (unpaired) electrons. The van der Waals surface area contributed by atoms with E-state index in [9.17, 15) is 4.79 Å². The van der Waals surface area contributed by atoms with Crippen LogP contribution in [0, 0.1) is 13.8 Å². The Morgan fingerprint density at radius 3 is 2.48 bits per heavy atom. The van der Waals surface area contributed by atoms with Gasteiger partial charge in [0.05, 0.1) is 5.69 Å². The average molecular weight is 323 g/mol. The second-order valence-electron chi connectivity index (χ2n) is 5.34. The summed E-state index contributed by atoms with van der Waals surface area (Å²) in [6.07, 6.45) is 3.45. The van der Waals surface area contributed by atoms with Crippen LogP contribution < -0.4 is 5.32 Å². The lowest BCUT2D eigenvalue weighted by Crippen LogP contribution is -2.22. The van der Waals surface area contributed by atoms with E-state index >= 15 is 0 Å². The van der Waals surface area contributed by atoms with E-state index in [1.807, 2.05) is 50.2 Å². The summed E-state index contributed by atoms with van der Waals surface area (Å²) >= 11 is 1.41. The molecule has 3 rings (SSSR count). The summed E-state index contributed by atoms with van der Waals surface area (Å²) in [5, 5.41) is 3.80. The van der Waals surface area contributed by atoms with E-state index in [0.717, 1.165) is 21.8 Å². The van der Waals surface area contributed by atoms with Gasteiger partial charge in [0.1, 0.15) is 9.88 Å². The molecular weight excluding hydrogens is 306 g/mol. The molecule has 3 aromatic rings. The van der Waals surface area contributed by atoms with Crippen molar-refractivity contribution in [3.05, 3.63) is 70.5 Å². The van der Waals surface area contributed by atoms with Gasteiger partial charge >= 0.3 is 0 Å². The SMILES string of the molecule is Cc1ccc(CNC(=O)c2sc(-c3ccncc3)nc2C)cc1. The highest BCUT2D eigenvalue weighted by Gasteiger charge is 2.15. The number of aryl methyl sites for hydroxylation is 2. The molecule has 0 aliphatic rings.